The summed E-state index contributed by atoms with van der Waals surface area (Å²) in [5, 5.41) is 2.63. The average Bonchev–Trinajstić information content (AvgIpc) is 2.70. The van der Waals surface area contributed by atoms with Crippen molar-refractivity contribution in [3.05, 3.63) is 65.2 Å². The molecule has 3 amide bonds. The summed E-state index contributed by atoms with van der Waals surface area (Å²) in [7, 11) is 0. The number of nitrogens with zero attached hydrogens (tertiary/aromatic N) is 1. The van der Waals surface area contributed by atoms with Crippen LogP contribution in [0.4, 0.5) is 5.69 Å². The number of hydrogen-bond donors (Lipinski definition) is 2. The SMILES string of the molecule is CCc1ccccc1N1C(=O)C(=Cc2ccc(OCC(N)=O)cc2)C(=O)NC1=S. The molecule has 3 rings (SSSR count). The monoisotopic (exact) mass is 409 g/mol. The molecule has 0 bridgehead atoms. The number of para-hydroxylation sites is 1. The topological polar surface area (TPSA) is 102 Å². The Bertz CT molecular complexity index is 1010. The van der Waals surface area contributed by atoms with Gasteiger partial charge < -0.3 is 10.5 Å². The number of ether oxygens (including phenoxy) is 1. The van der Waals surface area contributed by atoms with E-state index < -0.39 is 17.7 Å². The summed E-state index contributed by atoms with van der Waals surface area (Å²) in [5.41, 5.74) is 7.22. The minimum absolute atomic E-state index is 0.0321. The molecule has 148 valence electrons. The summed E-state index contributed by atoms with van der Waals surface area (Å²) < 4.78 is 5.20. The molecule has 1 aliphatic heterocycles. The van der Waals surface area contributed by atoms with Crippen molar-refractivity contribution in [1.29, 1.82) is 0 Å². The van der Waals surface area contributed by atoms with Gasteiger partial charge in [-0.3, -0.25) is 24.6 Å². The number of primary amides is 1. The highest BCUT2D eigenvalue weighted by Gasteiger charge is 2.35. The van der Waals surface area contributed by atoms with Crippen LogP contribution in [0.15, 0.2) is 54.1 Å². The van der Waals surface area contributed by atoms with Crippen molar-refractivity contribution in [3.63, 3.8) is 0 Å². The van der Waals surface area contributed by atoms with Crippen LogP contribution in [-0.2, 0) is 20.8 Å². The number of rotatable bonds is 6. The van der Waals surface area contributed by atoms with Crippen LogP contribution in [0.3, 0.4) is 0 Å². The van der Waals surface area contributed by atoms with Gasteiger partial charge in [0, 0.05) is 0 Å². The fourth-order valence-electron chi connectivity index (χ4n) is 2.89. The summed E-state index contributed by atoms with van der Waals surface area (Å²) >= 11 is 5.25. The standard InChI is InChI=1S/C21H19N3O4S/c1-2-14-5-3-4-6-17(14)24-20(27)16(19(26)23-21(24)29)11-13-7-9-15(10-8-13)28-12-18(22)25/h3-11H,2,12H2,1H3,(H2,22,25)(H,23,26,29). The van der Waals surface area contributed by atoms with Gasteiger partial charge in [0.2, 0.25) is 0 Å². The van der Waals surface area contributed by atoms with Gasteiger partial charge in [-0.25, -0.2) is 0 Å². The van der Waals surface area contributed by atoms with Gasteiger partial charge in [-0.15, -0.1) is 0 Å². The molecule has 0 unspecified atom stereocenters. The first-order valence-corrected chi connectivity index (χ1v) is 9.32. The molecule has 0 atom stereocenters. The zero-order valence-electron chi connectivity index (χ0n) is 15.7. The van der Waals surface area contributed by atoms with Crippen molar-refractivity contribution in [2.24, 2.45) is 5.73 Å². The number of aryl methyl sites for hydroxylation is 1. The highest BCUT2D eigenvalue weighted by molar-refractivity contribution is 7.80. The highest BCUT2D eigenvalue weighted by atomic mass is 32.1. The molecule has 29 heavy (non-hydrogen) atoms. The number of anilines is 1. The fourth-order valence-corrected chi connectivity index (χ4v) is 3.16. The minimum Gasteiger partial charge on any atom is -0.484 e. The first kappa shape index (κ1) is 20.2. The predicted octanol–water partition coefficient (Wildman–Crippen LogP) is 1.94. The summed E-state index contributed by atoms with van der Waals surface area (Å²) in [6.45, 7) is 1.75. The van der Waals surface area contributed by atoms with Gasteiger partial charge in [0.25, 0.3) is 17.7 Å². The van der Waals surface area contributed by atoms with E-state index in [-0.39, 0.29) is 17.3 Å². The molecule has 0 radical (unpaired) electrons. The van der Waals surface area contributed by atoms with Crippen molar-refractivity contribution in [2.45, 2.75) is 13.3 Å². The lowest BCUT2D eigenvalue weighted by atomic mass is 10.0. The number of nitrogens with one attached hydrogen (secondary N) is 1. The van der Waals surface area contributed by atoms with Crippen LogP contribution in [0, 0.1) is 0 Å². The molecule has 0 saturated carbocycles. The molecule has 3 N–H and O–H groups in total. The van der Waals surface area contributed by atoms with E-state index in [0.717, 1.165) is 5.56 Å². The predicted molar refractivity (Wildman–Crippen MR) is 113 cm³/mol. The number of benzene rings is 2. The third kappa shape index (κ3) is 4.49. The van der Waals surface area contributed by atoms with Gasteiger partial charge in [-0.1, -0.05) is 37.3 Å². The van der Waals surface area contributed by atoms with Gasteiger partial charge in [0.15, 0.2) is 11.7 Å². The second kappa shape index (κ2) is 8.66. The number of nitrogens with two attached hydrogens (primary N) is 1. The summed E-state index contributed by atoms with van der Waals surface area (Å²) in [6, 6.07) is 14.0. The van der Waals surface area contributed by atoms with Crippen LogP contribution in [0.5, 0.6) is 5.75 Å². The van der Waals surface area contributed by atoms with E-state index in [4.69, 9.17) is 22.7 Å². The Labute approximate surface area is 173 Å². The first-order valence-electron chi connectivity index (χ1n) is 8.91. The van der Waals surface area contributed by atoms with E-state index in [0.29, 0.717) is 23.4 Å². The molecule has 0 spiro atoms. The lowest BCUT2D eigenvalue weighted by molar-refractivity contribution is -0.122. The molecule has 1 saturated heterocycles. The Kier molecular flexibility index (Phi) is 6.04. The van der Waals surface area contributed by atoms with E-state index in [1.807, 2.05) is 25.1 Å². The molecule has 2 aromatic carbocycles. The Balaban J connectivity index is 1.90. The number of thiocarbonyl (C=S) groups is 1. The number of carbonyl (C=O) groups excluding carboxylic acids is 3. The Morgan fingerprint density at radius 2 is 1.86 bits per heavy atom. The third-order valence-electron chi connectivity index (χ3n) is 4.29. The van der Waals surface area contributed by atoms with Gasteiger partial charge in [0.05, 0.1) is 5.69 Å². The van der Waals surface area contributed by atoms with E-state index in [9.17, 15) is 14.4 Å². The van der Waals surface area contributed by atoms with Crippen molar-refractivity contribution in [2.75, 3.05) is 11.5 Å². The fraction of sp³-hybridized carbons (Fsp3) is 0.143. The second-order valence-electron chi connectivity index (χ2n) is 6.26. The van der Waals surface area contributed by atoms with E-state index in [2.05, 4.69) is 5.32 Å². The van der Waals surface area contributed by atoms with E-state index >= 15 is 0 Å². The van der Waals surface area contributed by atoms with Crippen LogP contribution < -0.4 is 20.7 Å². The molecule has 0 aliphatic carbocycles. The van der Waals surface area contributed by atoms with Gasteiger partial charge in [0.1, 0.15) is 11.3 Å². The quantitative estimate of drug-likeness (QED) is 0.431. The second-order valence-corrected chi connectivity index (χ2v) is 6.65. The molecule has 7 nitrogen and oxygen atoms in total. The van der Waals surface area contributed by atoms with Gasteiger partial charge in [-0.2, -0.15) is 0 Å². The Morgan fingerprint density at radius 1 is 1.17 bits per heavy atom. The average molecular weight is 409 g/mol. The molecule has 0 aromatic heterocycles. The largest absolute Gasteiger partial charge is 0.484 e. The zero-order chi connectivity index (χ0) is 21.0. The van der Waals surface area contributed by atoms with Crippen LogP contribution in [0.1, 0.15) is 18.1 Å². The minimum atomic E-state index is -0.580. The first-order chi connectivity index (χ1) is 13.9. The maximum absolute atomic E-state index is 13.1. The normalized spacial score (nSPS) is 15.4. The van der Waals surface area contributed by atoms with E-state index in [1.165, 1.54) is 11.0 Å². The zero-order valence-corrected chi connectivity index (χ0v) is 16.5. The smallest absolute Gasteiger partial charge is 0.270 e. The van der Waals surface area contributed by atoms with Crippen LogP contribution in [0.2, 0.25) is 0 Å². The molecule has 1 heterocycles. The molecule has 8 heteroatoms. The number of carbonyl (C=O) groups is 3. The molecule has 1 aliphatic rings. The summed E-state index contributed by atoms with van der Waals surface area (Å²) in [4.78, 5) is 37.6. The van der Waals surface area contributed by atoms with Crippen LogP contribution in [0.25, 0.3) is 6.08 Å². The molecule has 1 fully saturated rings. The maximum atomic E-state index is 13.1. The Hall–Kier alpha value is -3.52. The van der Waals surface area contributed by atoms with Gasteiger partial charge in [-0.05, 0) is 54.0 Å². The molecular formula is C21H19N3O4S. The summed E-state index contributed by atoms with van der Waals surface area (Å²) in [6.07, 6.45) is 2.20. The molecule has 2 aromatic rings. The van der Waals surface area contributed by atoms with Crippen molar-refractivity contribution in [1.82, 2.24) is 5.32 Å². The van der Waals surface area contributed by atoms with Crippen molar-refractivity contribution < 1.29 is 19.1 Å². The maximum Gasteiger partial charge on any atom is 0.270 e. The summed E-state index contributed by atoms with van der Waals surface area (Å²) in [5.74, 6) is -1.18. The van der Waals surface area contributed by atoms with Crippen LogP contribution in [-0.4, -0.2) is 29.4 Å². The van der Waals surface area contributed by atoms with E-state index in [1.54, 1.807) is 30.3 Å². The number of hydrogen-bond acceptors (Lipinski definition) is 5. The van der Waals surface area contributed by atoms with Crippen molar-refractivity contribution >= 4 is 46.8 Å². The Morgan fingerprint density at radius 3 is 2.52 bits per heavy atom. The van der Waals surface area contributed by atoms with Gasteiger partial charge >= 0.3 is 0 Å². The lowest BCUT2D eigenvalue weighted by Crippen LogP contribution is -2.54. The lowest BCUT2D eigenvalue weighted by Gasteiger charge is -2.30. The third-order valence-corrected chi connectivity index (χ3v) is 4.57. The van der Waals surface area contributed by atoms with Crippen molar-refractivity contribution in [3.8, 4) is 5.75 Å². The highest BCUT2D eigenvalue weighted by Crippen LogP contribution is 2.26. The van der Waals surface area contributed by atoms with Crippen LogP contribution >= 0.6 is 12.2 Å². The molecular weight excluding hydrogens is 390 g/mol. The number of amides is 3.